The number of phenols is 1. The first-order chi connectivity index (χ1) is 10.7. The lowest BCUT2D eigenvalue weighted by molar-refractivity contribution is 0.393. The van der Waals surface area contributed by atoms with E-state index in [1.807, 2.05) is 24.3 Å². The minimum absolute atomic E-state index is 0.216. The first-order valence-electron chi connectivity index (χ1n) is 6.65. The van der Waals surface area contributed by atoms with Crippen LogP contribution in [0.4, 0.5) is 0 Å². The zero-order valence-corrected chi connectivity index (χ0v) is 12.2. The average molecular weight is 297 g/mol. The summed E-state index contributed by atoms with van der Waals surface area (Å²) in [6.45, 7) is 0. The Kier molecular flexibility index (Phi) is 3.65. The lowest BCUT2D eigenvalue weighted by Gasteiger charge is -2.07. The van der Waals surface area contributed by atoms with Crippen molar-refractivity contribution in [2.24, 2.45) is 0 Å². The highest BCUT2D eigenvalue weighted by Gasteiger charge is 2.12. The van der Waals surface area contributed by atoms with E-state index >= 15 is 0 Å². The molecule has 2 aromatic heterocycles. The molecule has 112 valence electrons. The monoisotopic (exact) mass is 297 g/mol. The van der Waals surface area contributed by atoms with Crippen LogP contribution >= 0.6 is 0 Å². The van der Waals surface area contributed by atoms with Gasteiger partial charge in [-0.15, -0.1) is 5.10 Å². The molecule has 0 saturated carbocycles. The van der Waals surface area contributed by atoms with Crippen LogP contribution in [0.15, 0.2) is 48.7 Å². The van der Waals surface area contributed by atoms with Gasteiger partial charge in [-0.1, -0.05) is 0 Å². The van der Waals surface area contributed by atoms with Crippen LogP contribution in [0.1, 0.15) is 0 Å². The van der Waals surface area contributed by atoms with E-state index in [0.29, 0.717) is 11.8 Å². The Hall–Kier alpha value is -3.02. The summed E-state index contributed by atoms with van der Waals surface area (Å²) in [6, 6.07) is 12.4. The van der Waals surface area contributed by atoms with Gasteiger partial charge in [0.1, 0.15) is 5.75 Å². The average Bonchev–Trinajstić information content (AvgIpc) is 3.00. The van der Waals surface area contributed by atoms with Crippen molar-refractivity contribution < 1.29 is 14.6 Å². The number of hydrogen-bond acceptors (Lipinski definition) is 5. The molecular formula is C16H15N3O3. The third kappa shape index (κ3) is 2.58. The summed E-state index contributed by atoms with van der Waals surface area (Å²) in [5.41, 5.74) is 2.53. The standard InChI is InChI=1S/C16H15N3O3/c1-21-15-8-5-12(10-17-15)19-14(9-16(18-19)22-2)11-3-6-13(20)7-4-11/h3-10,20H,1-2H3. The molecule has 3 aromatic rings. The van der Waals surface area contributed by atoms with Crippen molar-refractivity contribution in [1.29, 1.82) is 0 Å². The Labute approximate surface area is 127 Å². The minimum atomic E-state index is 0.216. The molecule has 1 aromatic carbocycles. The summed E-state index contributed by atoms with van der Waals surface area (Å²) in [5.74, 6) is 1.25. The fraction of sp³-hybridized carbons (Fsp3) is 0.125. The van der Waals surface area contributed by atoms with Gasteiger partial charge in [0, 0.05) is 17.7 Å². The lowest BCUT2D eigenvalue weighted by Crippen LogP contribution is -2.00. The van der Waals surface area contributed by atoms with Crippen LogP contribution in [0.25, 0.3) is 16.9 Å². The summed E-state index contributed by atoms with van der Waals surface area (Å²) in [6.07, 6.45) is 1.68. The van der Waals surface area contributed by atoms with Crippen LogP contribution in [-0.2, 0) is 0 Å². The molecule has 0 aliphatic heterocycles. The van der Waals surface area contributed by atoms with E-state index in [-0.39, 0.29) is 5.75 Å². The molecule has 6 heteroatoms. The van der Waals surface area contributed by atoms with E-state index in [2.05, 4.69) is 10.1 Å². The lowest BCUT2D eigenvalue weighted by atomic mass is 10.1. The van der Waals surface area contributed by atoms with Crippen molar-refractivity contribution >= 4 is 0 Å². The molecule has 6 nitrogen and oxygen atoms in total. The summed E-state index contributed by atoms with van der Waals surface area (Å²) >= 11 is 0. The van der Waals surface area contributed by atoms with Crippen molar-refractivity contribution in [2.45, 2.75) is 0 Å². The highest BCUT2D eigenvalue weighted by atomic mass is 16.5. The smallest absolute Gasteiger partial charge is 0.233 e. The zero-order valence-electron chi connectivity index (χ0n) is 12.2. The number of hydrogen-bond donors (Lipinski definition) is 1. The maximum absolute atomic E-state index is 9.43. The zero-order chi connectivity index (χ0) is 15.5. The van der Waals surface area contributed by atoms with Crippen molar-refractivity contribution in [3.05, 3.63) is 48.7 Å². The predicted octanol–water partition coefficient (Wildman–Crippen LogP) is 2.66. The Balaban J connectivity index is 2.09. The third-order valence-corrected chi connectivity index (χ3v) is 3.23. The fourth-order valence-electron chi connectivity index (χ4n) is 2.11. The highest BCUT2D eigenvalue weighted by molar-refractivity contribution is 5.64. The van der Waals surface area contributed by atoms with Crippen molar-refractivity contribution in [3.63, 3.8) is 0 Å². The number of ether oxygens (including phenoxy) is 2. The Morgan fingerprint density at radius 2 is 1.68 bits per heavy atom. The van der Waals surface area contributed by atoms with E-state index in [1.54, 1.807) is 43.3 Å². The van der Waals surface area contributed by atoms with E-state index < -0.39 is 0 Å². The highest BCUT2D eigenvalue weighted by Crippen LogP contribution is 2.28. The number of phenolic OH excluding ortho intramolecular Hbond substituents is 1. The van der Waals surface area contributed by atoms with Crippen LogP contribution in [-0.4, -0.2) is 34.1 Å². The van der Waals surface area contributed by atoms with Crippen LogP contribution in [0, 0.1) is 0 Å². The molecular weight excluding hydrogens is 282 g/mol. The first-order valence-corrected chi connectivity index (χ1v) is 6.65. The van der Waals surface area contributed by atoms with Gasteiger partial charge in [-0.2, -0.15) is 0 Å². The molecule has 22 heavy (non-hydrogen) atoms. The van der Waals surface area contributed by atoms with E-state index in [4.69, 9.17) is 9.47 Å². The topological polar surface area (TPSA) is 69.4 Å². The third-order valence-electron chi connectivity index (χ3n) is 3.23. The predicted molar refractivity (Wildman–Crippen MR) is 81.6 cm³/mol. The Morgan fingerprint density at radius 3 is 2.27 bits per heavy atom. The normalized spacial score (nSPS) is 10.5. The quantitative estimate of drug-likeness (QED) is 0.801. The van der Waals surface area contributed by atoms with Crippen molar-refractivity contribution in [2.75, 3.05) is 14.2 Å². The number of methoxy groups -OCH3 is 2. The maximum atomic E-state index is 9.43. The number of rotatable bonds is 4. The first kappa shape index (κ1) is 13.9. The molecule has 0 aliphatic rings. The van der Waals surface area contributed by atoms with E-state index in [9.17, 15) is 5.11 Å². The van der Waals surface area contributed by atoms with E-state index in [1.165, 1.54) is 0 Å². The second kappa shape index (κ2) is 5.77. The van der Waals surface area contributed by atoms with Gasteiger partial charge in [0.25, 0.3) is 0 Å². The Bertz CT molecular complexity index is 764. The number of aromatic hydroxyl groups is 1. The molecule has 0 saturated heterocycles. The molecule has 0 bridgehead atoms. The summed E-state index contributed by atoms with van der Waals surface area (Å²) < 4.78 is 12.0. The molecule has 0 spiro atoms. The van der Waals surface area contributed by atoms with E-state index in [0.717, 1.165) is 16.9 Å². The Morgan fingerprint density at radius 1 is 0.955 bits per heavy atom. The van der Waals surface area contributed by atoms with Crippen LogP contribution in [0.2, 0.25) is 0 Å². The van der Waals surface area contributed by atoms with Crippen molar-refractivity contribution in [1.82, 2.24) is 14.8 Å². The summed E-state index contributed by atoms with van der Waals surface area (Å²) in [5, 5.41) is 13.8. The van der Waals surface area contributed by atoms with Gasteiger partial charge >= 0.3 is 0 Å². The van der Waals surface area contributed by atoms with Gasteiger partial charge in [-0.05, 0) is 30.3 Å². The van der Waals surface area contributed by atoms with Gasteiger partial charge in [0.05, 0.1) is 31.8 Å². The van der Waals surface area contributed by atoms with Crippen LogP contribution in [0.5, 0.6) is 17.5 Å². The molecule has 3 rings (SSSR count). The van der Waals surface area contributed by atoms with Crippen LogP contribution in [0.3, 0.4) is 0 Å². The second-order valence-corrected chi connectivity index (χ2v) is 4.59. The number of pyridine rings is 1. The van der Waals surface area contributed by atoms with Gasteiger partial charge in [-0.3, -0.25) is 0 Å². The molecule has 0 amide bonds. The minimum Gasteiger partial charge on any atom is -0.508 e. The number of nitrogens with zero attached hydrogens (tertiary/aromatic N) is 3. The molecule has 1 N–H and O–H groups in total. The van der Waals surface area contributed by atoms with Gasteiger partial charge in [-0.25, -0.2) is 9.67 Å². The van der Waals surface area contributed by atoms with Crippen molar-refractivity contribution in [3.8, 4) is 34.5 Å². The van der Waals surface area contributed by atoms with Gasteiger partial charge in [0.15, 0.2) is 0 Å². The largest absolute Gasteiger partial charge is 0.508 e. The SMILES string of the molecule is COc1ccc(-n2nc(OC)cc2-c2ccc(O)cc2)cn1. The summed E-state index contributed by atoms with van der Waals surface area (Å²) in [4.78, 5) is 4.19. The molecule has 0 atom stereocenters. The second-order valence-electron chi connectivity index (χ2n) is 4.59. The molecule has 0 radical (unpaired) electrons. The number of aromatic nitrogens is 3. The molecule has 0 fully saturated rings. The van der Waals surface area contributed by atoms with Gasteiger partial charge in [0.2, 0.25) is 11.8 Å². The molecule has 0 unspecified atom stereocenters. The molecule has 0 aliphatic carbocycles. The number of benzene rings is 1. The van der Waals surface area contributed by atoms with Crippen LogP contribution < -0.4 is 9.47 Å². The molecule has 2 heterocycles. The van der Waals surface area contributed by atoms with Gasteiger partial charge < -0.3 is 14.6 Å². The maximum Gasteiger partial charge on any atom is 0.233 e. The summed E-state index contributed by atoms with van der Waals surface area (Å²) in [7, 11) is 3.14. The fourth-order valence-corrected chi connectivity index (χ4v) is 2.11.